The van der Waals surface area contributed by atoms with Gasteiger partial charge in [0.25, 0.3) is 0 Å². The molecule has 0 unspecified atom stereocenters. The Hall–Kier alpha value is -3.09. The van der Waals surface area contributed by atoms with Crippen LogP contribution in [0.15, 0.2) is 98.1 Å². The summed E-state index contributed by atoms with van der Waals surface area (Å²) in [4.78, 5) is 33.8. The zero-order chi connectivity index (χ0) is 27.1. The van der Waals surface area contributed by atoms with Crippen molar-refractivity contribution in [3.05, 3.63) is 82.6 Å². The summed E-state index contributed by atoms with van der Waals surface area (Å²) in [6, 6.07) is 20.7. The molecule has 17 nitrogen and oxygen atoms in total. The largest absolute Gasteiger partial charge is 1.00 e. The highest BCUT2D eigenvalue weighted by molar-refractivity contribution is 7.95. The Morgan fingerprint density at radius 3 is 1.13 bits per heavy atom. The maximum Gasteiger partial charge on any atom is 1.00 e. The van der Waals surface area contributed by atoms with E-state index in [1.165, 1.54) is 0 Å². The Morgan fingerprint density at radius 2 is 0.868 bits per heavy atom. The van der Waals surface area contributed by atoms with Crippen LogP contribution in [-0.4, -0.2) is 5.48 Å². The van der Waals surface area contributed by atoms with Crippen LogP contribution in [0.1, 0.15) is 1.43 Å². The molecule has 0 aliphatic heterocycles. The van der Waals surface area contributed by atoms with E-state index in [1.807, 2.05) is 0 Å². The van der Waals surface area contributed by atoms with E-state index in [-0.39, 0.29) is 6.90 Å². The topological polar surface area (TPSA) is 272 Å². The first kappa shape index (κ1) is 34.9. The van der Waals surface area contributed by atoms with Gasteiger partial charge in [0.2, 0.25) is 0 Å². The Balaban J connectivity index is 0. The molecule has 0 aromatic heterocycles. The average Bonchev–Trinajstić information content (AvgIpc) is 2.93. The number of nitrogens with two attached hydrogens (primary N) is 4. The molecular formula is C18H24N8O9S3. The summed E-state index contributed by atoms with van der Waals surface area (Å²) in [6.07, 6.45) is 0. The van der Waals surface area contributed by atoms with E-state index in [1.54, 1.807) is 72.8 Å². The molecule has 0 saturated heterocycles. The molecule has 20 heteroatoms. The average molecular weight is 593 g/mol. The lowest BCUT2D eigenvalue weighted by Gasteiger charge is -1.99. The number of nitrogens with zero attached hydrogens (tertiary/aromatic N) is 2. The van der Waals surface area contributed by atoms with E-state index in [9.17, 15) is 9.81 Å². The van der Waals surface area contributed by atoms with E-state index in [2.05, 4.69) is 67.1 Å². The van der Waals surface area contributed by atoms with Crippen LogP contribution in [0.4, 0.5) is 17.1 Å². The molecule has 11 N–H and O–H groups in total. The predicted octanol–water partition coefficient (Wildman–Crippen LogP) is 4.25. The van der Waals surface area contributed by atoms with Gasteiger partial charge in [0.15, 0.2) is 0 Å². The smallest absolute Gasteiger partial charge is 0.870 e. The molecule has 0 spiro atoms. The molecule has 0 saturated carbocycles. The van der Waals surface area contributed by atoms with E-state index in [4.69, 9.17) is 5.73 Å². The summed E-state index contributed by atoms with van der Waals surface area (Å²) < 4.78 is 13.2. The van der Waals surface area contributed by atoms with Crippen LogP contribution >= 0.6 is 36.1 Å². The van der Waals surface area contributed by atoms with Gasteiger partial charge in [0.1, 0.15) is 0 Å². The van der Waals surface area contributed by atoms with E-state index < -0.39 is 0 Å². The third-order valence-corrected chi connectivity index (χ3v) is 5.28. The Morgan fingerprint density at radius 1 is 0.579 bits per heavy atom. The molecule has 0 aliphatic carbocycles. The lowest BCUT2D eigenvalue weighted by Crippen LogP contribution is -1.93. The van der Waals surface area contributed by atoms with Crippen LogP contribution in [0, 0.1) is 9.81 Å². The first-order valence-electron chi connectivity index (χ1n) is 9.38. The van der Waals surface area contributed by atoms with Gasteiger partial charge in [-0.05, 0) is 72.8 Å². The van der Waals surface area contributed by atoms with Gasteiger partial charge >= 0.3 is 1.43 Å². The molecule has 38 heavy (non-hydrogen) atoms. The van der Waals surface area contributed by atoms with Crippen molar-refractivity contribution in [2.24, 2.45) is 28.3 Å². The number of rotatable bonds is 13. The summed E-state index contributed by atoms with van der Waals surface area (Å²) in [7, 11) is 0. The van der Waals surface area contributed by atoms with Gasteiger partial charge in [-0.2, -0.15) is 17.7 Å². The fraction of sp³-hybridized carbons (Fsp3) is 0. The number of benzene rings is 3. The predicted molar refractivity (Wildman–Crippen MR) is 142 cm³/mol. The van der Waals surface area contributed by atoms with Crippen LogP contribution < -0.4 is 34.3 Å². The number of nitrogens with one attached hydrogen (secondary N) is 2. The monoisotopic (exact) mass is 592 g/mol. The minimum Gasteiger partial charge on any atom is -0.870 e. The molecule has 3 aromatic carbocycles. The first-order chi connectivity index (χ1) is 18.1. The van der Waals surface area contributed by atoms with Gasteiger partial charge in [-0.25, -0.2) is 10.9 Å². The first-order valence-corrected chi connectivity index (χ1v) is 11.6. The second-order valence-electron chi connectivity index (χ2n) is 5.77. The minimum absolute atomic E-state index is 0. The van der Waals surface area contributed by atoms with Crippen molar-refractivity contribution in [1.82, 2.24) is 0 Å². The quantitative estimate of drug-likeness (QED) is 0.0531. The Kier molecular flexibility index (Phi) is 21.2. The number of nitroso groups, excluding NO2 is 2. The van der Waals surface area contributed by atoms with Gasteiger partial charge in [-0.15, -0.1) is 37.8 Å². The van der Waals surface area contributed by atoms with Gasteiger partial charge in [-0.3, -0.25) is 0 Å². The zero-order valence-corrected chi connectivity index (χ0v) is 21.5. The van der Waals surface area contributed by atoms with Gasteiger partial charge in [0.05, 0.1) is 58.1 Å². The molecule has 0 atom stereocenters. The van der Waals surface area contributed by atoms with Crippen molar-refractivity contribution in [3.8, 4) is 0 Å². The van der Waals surface area contributed by atoms with Crippen LogP contribution in [-0.2, 0) is 28.0 Å². The highest BCUT2D eigenvalue weighted by Gasteiger charge is 1.97. The SMILES string of the molecule is NOOSc1ccc(N)cc1.NOOSc1ccc(NN=O)cc1.NOOSc1ccc(NN=O)cc1.[H+].[OH-]. The van der Waals surface area contributed by atoms with Crippen molar-refractivity contribution in [2.45, 2.75) is 14.7 Å². The second kappa shape index (κ2) is 23.1. The van der Waals surface area contributed by atoms with Gasteiger partial charge < -0.3 is 11.2 Å². The maximum absolute atomic E-state index is 9.80. The summed E-state index contributed by atoms with van der Waals surface area (Å²) >= 11 is 2.95. The maximum atomic E-state index is 9.80. The molecule has 3 aromatic rings. The van der Waals surface area contributed by atoms with Crippen molar-refractivity contribution < 1.29 is 34.9 Å². The van der Waals surface area contributed by atoms with Crippen molar-refractivity contribution in [1.29, 1.82) is 0 Å². The number of hydrogen-bond donors (Lipinski definition) is 6. The molecule has 0 bridgehead atoms. The van der Waals surface area contributed by atoms with Crippen LogP contribution in [0.2, 0.25) is 0 Å². The van der Waals surface area contributed by atoms with Crippen molar-refractivity contribution >= 4 is 53.2 Å². The zero-order valence-electron chi connectivity index (χ0n) is 20.1. The molecule has 0 heterocycles. The number of hydrogen-bond acceptors (Lipinski definition) is 18. The molecule has 208 valence electrons. The third kappa shape index (κ3) is 16.6. The van der Waals surface area contributed by atoms with Gasteiger partial charge in [-0.1, -0.05) is 0 Å². The van der Waals surface area contributed by atoms with Crippen molar-refractivity contribution in [2.75, 3.05) is 16.6 Å². The molecule has 0 amide bonds. The number of nitrogen functional groups attached to an aromatic ring is 1. The second-order valence-corrected chi connectivity index (χ2v) is 8.09. The highest BCUT2D eigenvalue weighted by atomic mass is 32.2. The Labute approximate surface area is 230 Å². The molecule has 3 rings (SSSR count). The van der Waals surface area contributed by atoms with Crippen molar-refractivity contribution in [3.63, 3.8) is 0 Å². The van der Waals surface area contributed by atoms with Gasteiger partial charge in [0, 0.05) is 20.4 Å². The summed E-state index contributed by atoms with van der Waals surface area (Å²) in [5.74, 6) is 13.9. The molecule has 0 fully saturated rings. The normalized spacial score (nSPS) is 9.45. The summed E-state index contributed by atoms with van der Waals surface area (Å²) in [6.45, 7) is 0. The molecular weight excluding hydrogens is 568 g/mol. The third-order valence-electron chi connectivity index (χ3n) is 3.45. The minimum atomic E-state index is 0. The fourth-order valence-electron chi connectivity index (χ4n) is 1.98. The van der Waals surface area contributed by atoms with Crippen LogP contribution in [0.3, 0.4) is 0 Å². The standard InChI is InChI=1S/2C6H7N3O3S.C6H8N2O2S.H2O/c2*7-11-12-13-6-3-1-5(2-4-6)8-9-10;7-5-1-3-6(4-2-5)11-10-9-8;/h2*1-4H,7H2,(H,8,10);1-4H,7-8H2;1H2. The molecule has 0 radical (unpaired) electrons. The summed E-state index contributed by atoms with van der Waals surface area (Å²) in [5.41, 5.74) is 11.9. The Bertz CT molecular complexity index is 959. The van der Waals surface area contributed by atoms with Crippen LogP contribution in [0.25, 0.3) is 0 Å². The van der Waals surface area contributed by atoms with Crippen LogP contribution in [0.5, 0.6) is 0 Å². The lowest BCUT2D eigenvalue weighted by molar-refractivity contribution is -0.195. The van der Waals surface area contributed by atoms with E-state index >= 15 is 0 Å². The lowest BCUT2D eigenvalue weighted by atomic mass is 10.3. The fourth-order valence-corrected chi connectivity index (χ4v) is 3.07. The number of anilines is 3. The van der Waals surface area contributed by atoms with E-state index in [0.717, 1.165) is 50.8 Å². The molecule has 0 aliphatic rings. The van der Waals surface area contributed by atoms with E-state index in [0.29, 0.717) is 17.1 Å². The summed E-state index contributed by atoms with van der Waals surface area (Å²) in [5, 5.41) is 5.03. The highest BCUT2D eigenvalue weighted by Crippen LogP contribution is 2.22.